The number of carbonyl (C=O) groups is 2. The van der Waals surface area contributed by atoms with Crippen LogP contribution < -0.4 is 15.0 Å². The van der Waals surface area contributed by atoms with Gasteiger partial charge in [0.2, 0.25) is 5.91 Å². The number of aromatic nitrogens is 3. The van der Waals surface area contributed by atoms with Crippen LogP contribution in [0.2, 0.25) is 0 Å². The molecule has 2 heterocycles. The van der Waals surface area contributed by atoms with E-state index in [2.05, 4.69) is 25.1 Å². The van der Waals surface area contributed by atoms with Gasteiger partial charge in [-0.1, -0.05) is 68.1 Å². The first-order valence-electron chi connectivity index (χ1n) is 13.5. The normalized spacial score (nSPS) is 15.1. The number of carbonyl (C=O) groups excluding carboxylic acids is 2. The molecule has 0 spiro atoms. The number of anilines is 1. The number of amidine groups is 1. The number of halogens is 3. The highest BCUT2D eigenvalue weighted by Gasteiger charge is 2.32. The molecule has 3 amide bonds. The number of aliphatic imine (C=N–C) groups is 1. The Bertz CT molecular complexity index is 1640. The van der Waals surface area contributed by atoms with Crippen molar-refractivity contribution in [3.05, 3.63) is 90.3 Å². The lowest BCUT2D eigenvalue weighted by Gasteiger charge is -2.20. The van der Waals surface area contributed by atoms with Crippen molar-refractivity contribution in [2.45, 2.75) is 39.1 Å². The maximum Gasteiger partial charge on any atom is 0.573 e. The minimum atomic E-state index is -4.76. The van der Waals surface area contributed by atoms with Gasteiger partial charge in [0.1, 0.15) is 12.1 Å². The molecule has 222 valence electrons. The van der Waals surface area contributed by atoms with Crippen LogP contribution in [0, 0.1) is 0 Å². The van der Waals surface area contributed by atoms with Crippen molar-refractivity contribution in [3.8, 4) is 22.8 Å². The molecule has 1 aromatic heterocycles. The average Bonchev–Trinajstić information content (AvgIpc) is 3.62. The second-order valence-corrected chi connectivity index (χ2v) is 10.4. The number of nitrogens with zero attached hydrogens (tertiary/aromatic N) is 5. The molecule has 1 saturated heterocycles. The number of aryl methyl sites for hydroxylation is 1. The van der Waals surface area contributed by atoms with E-state index in [1.165, 1.54) is 51.9 Å². The van der Waals surface area contributed by atoms with Crippen LogP contribution in [0.4, 0.5) is 23.7 Å². The van der Waals surface area contributed by atoms with E-state index < -0.39 is 12.4 Å². The smallest absolute Gasteiger partial charge is 0.406 e. The van der Waals surface area contributed by atoms with Crippen molar-refractivity contribution in [3.63, 3.8) is 0 Å². The van der Waals surface area contributed by atoms with Gasteiger partial charge >= 0.3 is 12.4 Å². The molecule has 1 aliphatic heterocycles. The molecule has 43 heavy (non-hydrogen) atoms. The van der Waals surface area contributed by atoms with Gasteiger partial charge in [-0.3, -0.25) is 9.69 Å². The summed E-state index contributed by atoms with van der Waals surface area (Å²) in [7, 11) is 0. The summed E-state index contributed by atoms with van der Waals surface area (Å²) in [6.07, 6.45) is -1.96. The van der Waals surface area contributed by atoms with Gasteiger partial charge in [-0.05, 0) is 54.3 Å². The van der Waals surface area contributed by atoms with Crippen molar-refractivity contribution in [2.75, 3.05) is 10.7 Å². The molecule has 0 bridgehead atoms. The third-order valence-corrected chi connectivity index (χ3v) is 7.60. The van der Waals surface area contributed by atoms with E-state index >= 15 is 0 Å². The largest absolute Gasteiger partial charge is 0.573 e. The number of rotatable bonds is 8. The van der Waals surface area contributed by atoms with E-state index in [-0.39, 0.29) is 23.5 Å². The van der Waals surface area contributed by atoms with Gasteiger partial charge in [0.05, 0.1) is 23.2 Å². The fraction of sp³-hybridized carbons (Fsp3) is 0.233. The van der Waals surface area contributed by atoms with Gasteiger partial charge in [-0.2, -0.15) is 4.99 Å². The summed E-state index contributed by atoms with van der Waals surface area (Å²) >= 11 is 1.23. The number of hydrogen-bond acceptors (Lipinski definition) is 6. The number of urea groups is 1. The molecular formula is C30H27F3N6O3S. The number of nitrogens with one attached hydrogen (secondary N) is 1. The molecule has 4 aromatic rings. The number of benzene rings is 3. The summed E-state index contributed by atoms with van der Waals surface area (Å²) in [4.78, 5) is 35.7. The SMILES string of the molecule is CCc1ccccc1N1C(=O)CSC1=NC(=O)NC(CC)c1ccc(-c2ncn(-c3ccc(OC(F)(F)F)cc3)n2)cc1. The molecule has 0 radical (unpaired) electrons. The molecule has 9 nitrogen and oxygen atoms in total. The maximum absolute atomic E-state index is 13.0. The third kappa shape index (κ3) is 7.05. The summed E-state index contributed by atoms with van der Waals surface area (Å²) in [6, 6.07) is 19.4. The van der Waals surface area contributed by atoms with E-state index in [9.17, 15) is 22.8 Å². The zero-order chi connectivity index (χ0) is 30.6. The van der Waals surface area contributed by atoms with Gasteiger partial charge in [0.25, 0.3) is 0 Å². The molecular weight excluding hydrogens is 581 g/mol. The van der Waals surface area contributed by atoms with Gasteiger partial charge in [0.15, 0.2) is 11.0 Å². The van der Waals surface area contributed by atoms with Crippen LogP contribution >= 0.6 is 11.8 Å². The molecule has 0 aliphatic carbocycles. The lowest BCUT2D eigenvalue weighted by Crippen LogP contribution is -2.32. The Labute approximate surface area is 249 Å². The minimum absolute atomic E-state index is 0.122. The van der Waals surface area contributed by atoms with Gasteiger partial charge in [0, 0.05) is 5.56 Å². The zero-order valence-electron chi connectivity index (χ0n) is 23.2. The first-order valence-corrected chi connectivity index (χ1v) is 14.4. The average molecular weight is 609 g/mol. The van der Waals surface area contributed by atoms with Crippen molar-refractivity contribution >= 4 is 34.6 Å². The van der Waals surface area contributed by atoms with Gasteiger partial charge < -0.3 is 10.1 Å². The van der Waals surface area contributed by atoms with Gasteiger partial charge in [-0.15, -0.1) is 18.3 Å². The van der Waals surface area contributed by atoms with E-state index in [1.54, 1.807) is 0 Å². The van der Waals surface area contributed by atoms with Crippen molar-refractivity contribution in [1.82, 2.24) is 20.1 Å². The molecule has 1 N–H and O–H groups in total. The summed E-state index contributed by atoms with van der Waals surface area (Å²) in [5.74, 6) is 0.181. The lowest BCUT2D eigenvalue weighted by atomic mass is 10.0. The fourth-order valence-electron chi connectivity index (χ4n) is 4.58. The number of thioether (sulfide) groups is 1. The molecule has 1 atom stereocenters. The molecule has 0 saturated carbocycles. The first-order chi connectivity index (χ1) is 20.6. The maximum atomic E-state index is 13.0. The number of para-hydroxylation sites is 1. The third-order valence-electron chi connectivity index (χ3n) is 6.68. The Kier molecular flexibility index (Phi) is 8.81. The van der Waals surface area contributed by atoms with Crippen LogP contribution in [-0.4, -0.2) is 44.0 Å². The van der Waals surface area contributed by atoms with E-state index in [4.69, 9.17) is 0 Å². The predicted molar refractivity (Wildman–Crippen MR) is 158 cm³/mol. The van der Waals surface area contributed by atoms with Crippen LogP contribution in [-0.2, 0) is 11.2 Å². The minimum Gasteiger partial charge on any atom is -0.406 e. The highest BCUT2D eigenvalue weighted by atomic mass is 32.2. The standard InChI is InChI=1S/C30H27F3N6O3S/c1-3-19-7-5-6-8-25(19)39-26(40)17-43-29(39)36-28(41)35-24(4-2)20-9-11-21(12-10-20)27-34-18-38(37-27)22-13-15-23(16-14-22)42-30(31,32)33/h5-16,18,24H,3-4,17H2,1-2H3,(H,35,41). The fourth-order valence-corrected chi connectivity index (χ4v) is 5.44. The molecule has 5 rings (SSSR count). The first kappa shape index (κ1) is 29.8. The van der Waals surface area contributed by atoms with Gasteiger partial charge in [-0.25, -0.2) is 14.5 Å². The molecule has 3 aromatic carbocycles. The molecule has 1 unspecified atom stereocenters. The quantitative estimate of drug-likeness (QED) is 0.239. The van der Waals surface area contributed by atoms with E-state index in [1.807, 2.05) is 62.4 Å². The Hall–Kier alpha value is -4.65. The Balaban J connectivity index is 1.26. The summed E-state index contributed by atoms with van der Waals surface area (Å²) in [6.45, 7) is 3.95. The number of amides is 3. The van der Waals surface area contributed by atoms with Crippen LogP contribution in [0.5, 0.6) is 5.75 Å². The number of alkyl halides is 3. The molecule has 1 aliphatic rings. The molecule has 13 heteroatoms. The van der Waals surface area contributed by atoms with Crippen molar-refractivity contribution in [1.29, 1.82) is 0 Å². The lowest BCUT2D eigenvalue weighted by molar-refractivity contribution is -0.274. The second kappa shape index (κ2) is 12.7. The number of hydrogen-bond donors (Lipinski definition) is 1. The monoisotopic (exact) mass is 608 g/mol. The summed E-state index contributed by atoms with van der Waals surface area (Å²) in [5, 5.41) is 7.71. The number of ether oxygens (including phenoxy) is 1. The topological polar surface area (TPSA) is 102 Å². The van der Waals surface area contributed by atoms with E-state index in [0.29, 0.717) is 28.7 Å². The van der Waals surface area contributed by atoms with Crippen LogP contribution in [0.25, 0.3) is 17.1 Å². The summed E-state index contributed by atoms with van der Waals surface area (Å²) < 4.78 is 42.6. The molecule has 1 fully saturated rings. The van der Waals surface area contributed by atoms with Crippen LogP contribution in [0.3, 0.4) is 0 Å². The Morgan fingerprint density at radius 3 is 2.47 bits per heavy atom. The highest BCUT2D eigenvalue weighted by molar-refractivity contribution is 8.15. The zero-order valence-corrected chi connectivity index (χ0v) is 24.0. The second-order valence-electron chi connectivity index (χ2n) is 9.48. The predicted octanol–water partition coefficient (Wildman–Crippen LogP) is 6.69. The van der Waals surface area contributed by atoms with Crippen LogP contribution in [0.1, 0.15) is 37.4 Å². The van der Waals surface area contributed by atoms with Crippen LogP contribution in [0.15, 0.2) is 84.1 Å². The Morgan fingerprint density at radius 2 is 1.79 bits per heavy atom. The van der Waals surface area contributed by atoms with Crippen molar-refractivity contribution < 1.29 is 27.5 Å². The van der Waals surface area contributed by atoms with Crippen molar-refractivity contribution in [2.24, 2.45) is 4.99 Å². The van der Waals surface area contributed by atoms with E-state index in [0.717, 1.165) is 23.2 Å². The Morgan fingerprint density at radius 1 is 1.07 bits per heavy atom. The summed E-state index contributed by atoms with van der Waals surface area (Å²) in [5.41, 5.74) is 3.80. The highest BCUT2D eigenvalue weighted by Crippen LogP contribution is 2.30.